The van der Waals surface area contributed by atoms with Crippen LogP contribution in [0.2, 0.25) is 0 Å². The van der Waals surface area contributed by atoms with Gasteiger partial charge in [-0.3, -0.25) is 9.59 Å². The van der Waals surface area contributed by atoms with E-state index in [1.807, 2.05) is 0 Å². The van der Waals surface area contributed by atoms with Gasteiger partial charge in [0.15, 0.2) is 0 Å². The summed E-state index contributed by atoms with van der Waals surface area (Å²) in [5, 5.41) is 3.29. The molecule has 0 saturated carbocycles. The molecule has 2 aromatic heterocycles. The quantitative estimate of drug-likeness (QED) is 0.633. The van der Waals surface area contributed by atoms with Crippen molar-refractivity contribution in [3.05, 3.63) is 62.0 Å². The molecule has 0 fully saturated rings. The average molecular weight is 435 g/mol. The number of amides is 1. The van der Waals surface area contributed by atoms with Gasteiger partial charge in [0.1, 0.15) is 10.7 Å². The summed E-state index contributed by atoms with van der Waals surface area (Å²) < 4.78 is 38.3. The number of nitrogens with one attached hydrogen (secondary N) is 2. The molecule has 2 heterocycles. The van der Waals surface area contributed by atoms with Crippen LogP contribution in [-0.4, -0.2) is 15.9 Å². The summed E-state index contributed by atoms with van der Waals surface area (Å²) in [5.41, 5.74) is 0.567. The highest BCUT2D eigenvalue weighted by Crippen LogP contribution is 2.33. The topological polar surface area (TPSA) is 74.8 Å². The first-order chi connectivity index (χ1) is 14.3. The van der Waals surface area contributed by atoms with Gasteiger partial charge in [0.05, 0.1) is 10.9 Å². The first-order valence-electron chi connectivity index (χ1n) is 9.77. The molecular weight excluding hydrogens is 415 g/mol. The maximum Gasteiger partial charge on any atom is 0.416 e. The molecular formula is C21H20F3N3O2S. The minimum Gasteiger partial charge on any atom is -0.352 e. The second kappa shape index (κ2) is 8.22. The first-order valence-corrected chi connectivity index (χ1v) is 10.6. The highest BCUT2D eigenvalue weighted by Gasteiger charge is 2.30. The molecule has 1 amide bonds. The van der Waals surface area contributed by atoms with Gasteiger partial charge in [0, 0.05) is 24.3 Å². The Labute approximate surface area is 174 Å². The van der Waals surface area contributed by atoms with Gasteiger partial charge in [0.2, 0.25) is 5.91 Å². The number of benzene rings is 1. The highest BCUT2D eigenvalue weighted by molar-refractivity contribution is 7.18. The summed E-state index contributed by atoms with van der Waals surface area (Å²) in [6.45, 7) is 0.00335. The van der Waals surface area contributed by atoms with Crippen LogP contribution in [0.25, 0.3) is 10.2 Å². The molecule has 0 bridgehead atoms. The van der Waals surface area contributed by atoms with Crippen LogP contribution >= 0.6 is 11.3 Å². The summed E-state index contributed by atoms with van der Waals surface area (Å²) in [7, 11) is 0. The number of thiophene rings is 1. The Morgan fingerprint density at radius 1 is 1.23 bits per heavy atom. The molecule has 9 heteroatoms. The maximum absolute atomic E-state index is 12.8. The van der Waals surface area contributed by atoms with E-state index < -0.39 is 11.7 Å². The number of carbonyl (C=O) groups excluding carboxylic acids is 1. The van der Waals surface area contributed by atoms with Gasteiger partial charge in [-0.2, -0.15) is 13.2 Å². The summed E-state index contributed by atoms with van der Waals surface area (Å²) >= 11 is 1.55. The summed E-state index contributed by atoms with van der Waals surface area (Å²) in [6.07, 6.45) is -0.0128. The van der Waals surface area contributed by atoms with Crippen LogP contribution in [0, 0.1) is 0 Å². The van der Waals surface area contributed by atoms with E-state index in [0.717, 1.165) is 43.4 Å². The fraction of sp³-hybridized carbons (Fsp3) is 0.381. The molecule has 30 heavy (non-hydrogen) atoms. The minimum absolute atomic E-state index is 0.00335. The fourth-order valence-corrected chi connectivity index (χ4v) is 4.99. The van der Waals surface area contributed by atoms with Crippen molar-refractivity contribution < 1.29 is 18.0 Å². The second-order valence-electron chi connectivity index (χ2n) is 7.38. The third-order valence-corrected chi connectivity index (χ3v) is 6.39. The molecule has 0 saturated heterocycles. The molecule has 0 unspecified atom stereocenters. The van der Waals surface area contributed by atoms with Crippen LogP contribution < -0.4 is 10.9 Å². The lowest BCUT2D eigenvalue weighted by Gasteiger charge is -2.10. The average Bonchev–Trinajstić information content (AvgIpc) is 3.09. The Kier molecular flexibility index (Phi) is 5.64. The molecule has 5 nitrogen and oxygen atoms in total. The van der Waals surface area contributed by atoms with E-state index in [4.69, 9.17) is 0 Å². The number of aromatic nitrogens is 2. The normalized spacial score (nSPS) is 14.0. The van der Waals surface area contributed by atoms with E-state index in [2.05, 4.69) is 15.3 Å². The van der Waals surface area contributed by atoms with Gasteiger partial charge in [-0.05, 0) is 48.9 Å². The Morgan fingerprint density at radius 2 is 2.03 bits per heavy atom. The van der Waals surface area contributed by atoms with Crippen LogP contribution in [-0.2, 0) is 36.8 Å². The van der Waals surface area contributed by atoms with E-state index in [0.29, 0.717) is 21.6 Å². The van der Waals surface area contributed by atoms with Crippen molar-refractivity contribution in [2.75, 3.05) is 0 Å². The first kappa shape index (κ1) is 20.6. The van der Waals surface area contributed by atoms with Crippen molar-refractivity contribution in [2.45, 2.75) is 51.2 Å². The Bertz CT molecular complexity index is 1150. The Hall–Kier alpha value is -2.68. The van der Waals surface area contributed by atoms with Gasteiger partial charge in [-0.25, -0.2) is 4.98 Å². The number of carbonyl (C=O) groups is 1. The second-order valence-corrected chi connectivity index (χ2v) is 8.46. The van der Waals surface area contributed by atoms with Gasteiger partial charge >= 0.3 is 6.18 Å². The smallest absolute Gasteiger partial charge is 0.352 e. The van der Waals surface area contributed by atoms with Crippen molar-refractivity contribution in [2.24, 2.45) is 0 Å². The number of alkyl halides is 3. The third-order valence-electron chi connectivity index (χ3n) is 5.21. The van der Waals surface area contributed by atoms with E-state index in [9.17, 15) is 22.8 Å². The monoisotopic (exact) mass is 435 g/mol. The van der Waals surface area contributed by atoms with Crippen molar-refractivity contribution >= 4 is 27.5 Å². The van der Waals surface area contributed by atoms with Crippen LogP contribution in [0.1, 0.15) is 46.7 Å². The lowest BCUT2D eigenvalue weighted by Crippen LogP contribution is -2.24. The number of fused-ring (bicyclic) bond motifs is 3. The lowest BCUT2D eigenvalue weighted by atomic mass is 9.97. The largest absolute Gasteiger partial charge is 0.416 e. The number of hydrogen-bond acceptors (Lipinski definition) is 4. The molecule has 0 spiro atoms. The number of hydrogen-bond donors (Lipinski definition) is 2. The molecule has 1 aliphatic carbocycles. The summed E-state index contributed by atoms with van der Waals surface area (Å²) in [6, 6.07) is 4.85. The van der Waals surface area contributed by atoms with Crippen molar-refractivity contribution in [3.63, 3.8) is 0 Å². The van der Waals surface area contributed by atoms with E-state index >= 15 is 0 Å². The van der Waals surface area contributed by atoms with Crippen molar-refractivity contribution in [3.8, 4) is 0 Å². The van der Waals surface area contributed by atoms with Crippen molar-refractivity contribution in [1.82, 2.24) is 15.3 Å². The molecule has 1 aromatic carbocycles. The third kappa shape index (κ3) is 4.40. The Balaban J connectivity index is 1.38. The van der Waals surface area contributed by atoms with Crippen LogP contribution in [0.4, 0.5) is 13.2 Å². The van der Waals surface area contributed by atoms with Gasteiger partial charge < -0.3 is 10.3 Å². The maximum atomic E-state index is 12.8. The summed E-state index contributed by atoms with van der Waals surface area (Å²) in [4.78, 5) is 33.9. The number of rotatable bonds is 5. The molecule has 4 rings (SSSR count). The number of halogens is 3. The van der Waals surface area contributed by atoms with Crippen molar-refractivity contribution in [1.29, 1.82) is 0 Å². The molecule has 1 aliphatic rings. The van der Waals surface area contributed by atoms with E-state index in [1.54, 1.807) is 11.3 Å². The Morgan fingerprint density at radius 3 is 2.83 bits per heavy atom. The molecule has 0 aliphatic heterocycles. The standard InChI is InChI=1S/C21H20F3N3O2S/c22-21(23,24)13-5-3-4-12(10-13)11-25-17(28)9-8-16-26-19(29)18-14-6-1-2-7-15(14)30-20(18)27-16/h3-5,10H,1-2,6-9,11H2,(H,25,28)(H,26,27,29). The predicted octanol–water partition coefficient (Wildman–Crippen LogP) is 4.13. The fourth-order valence-electron chi connectivity index (χ4n) is 3.71. The molecule has 3 aromatic rings. The van der Waals surface area contributed by atoms with Crippen LogP contribution in [0.15, 0.2) is 29.1 Å². The number of aryl methyl sites for hydroxylation is 3. The molecule has 0 atom stereocenters. The highest BCUT2D eigenvalue weighted by atomic mass is 32.1. The molecule has 158 valence electrons. The lowest BCUT2D eigenvalue weighted by molar-refractivity contribution is -0.137. The van der Waals surface area contributed by atoms with E-state index in [-0.39, 0.29) is 30.9 Å². The van der Waals surface area contributed by atoms with Gasteiger partial charge in [-0.1, -0.05) is 12.1 Å². The summed E-state index contributed by atoms with van der Waals surface area (Å²) in [5.74, 6) is 0.126. The zero-order valence-corrected chi connectivity index (χ0v) is 16.9. The number of aromatic amines is 1. The predicted molar refractivity (Wildman–Crippen MR) is 108 cm³/mol. The SMILES string of the molecule is O=C(CCc1nc2sc3c(c2c(=O)[nH]1)CCCC3)NCc1cccc(C(F)(F)F)c1. The van der Waals surface area contributed by atoms with Gasteiger partial charge in [0.25, 0.3) is 5.56 Å². The number of H-pyrrole nitrogens is 1. The number of nitrogens with zero attached hydrogens (tertiary/aromatic N) is 1. The van der Waals surface area contributed by atoms with Crippen LogP contribution in [0.3, 0.4) is 0 Å². The van der Waals surface area contributed by atoms with E-state index in [1.165, 1.54) is 17.0 Å². The minimum atomic E-state index is -4.42. The van der Waals surface area contributed by atoms with Crippen LogP contribution in [0.5, 0.6) is 0 Å². The molecule has 0 radical (unpaired) electrons. The van der Waals surface area contributed by atoms with Gasteiger partial charge in [-0.15, -0.1) is 11.3 Å². The zero-order chi connectivity index (χ0) is 21.3. The molecule has 2 N–H and O–H groups in total. The zero-order valence-electron chi connectivity index (χ0n) is 16.1.